The third-order valence-corrected chi connectivity index (χ3v) is 5.77. The topological polar surface area (TPSA) is 33.0 Å². The van der Waals surface area contributed by atoms with Gasteiger partial charge in [0.05, 0.1) is 24.2 Å². The zero-order valence-corrected chi connectivity index (χ0v) is 17.4. The van der Waals surface area contributed by atoms with Gasteiger partial charge in [0.2, 0.25) is 0 Å². The summed E-state index contributed by atoms with van der Waals surface area (Å²) in [5.74, 6) is 1.61. The molecule has 0 N–H and O–H groups in total. The smallest absolute Gasteiger partial charge is 0.129 e. The first-order valence-corrected chi connectivity index (χ1v) is 10.1. The predicted molar refractivity (Wildman–Crippen MR) is 121 cm³/mol. The molecule has 0 radical (unpaired) electrons. The Bertz CT molecular complexity index is 1260. The van der Waals surface area contributed by atoms with E-state index in [9.17, 15) is 0 Å². The van der Waals surface area contributed by atoms with Crippen LogP contribution in [0.5, 0.6) is 11.5 Å². The number of imidazole rings is 1. The number of nitrogens with zero attached hydrogens (tertiary/aromatic N) is 4. The summed E-state index contributed by atoms with van der Waals surface area (Å²) >= 11 is 0. The summed E-state index contributed by atoms with van der Waals surface area (Å²) in [7, 11) is 2.12. The van der Waals surface area contributed by atoms with Crippen LogP contribution >= 0.6 is 0 Å². The summed E-state index contributed by atoms with van der Waals surface area (Å²) in [4.78, 5) is 9.15. The quantitative estimate of drug-likeness (QED) is 0.439. The maximum Gasteiger partial charge on any atom is 0.129 e. The molecule has 1 aliphatic rings. The normalized spacial score (nSPS) is 14.1. The van der Waals surface area contributed by atoms with Crippen molar-refractivity contribution in [2.24, 2.45) is 0 Å². The number of aromatic nitrogens is 2. The standard InChI is InChI=1S/C25H24N4O/c1-18-19(2)29(17-27(18)3)21-9-7-11-23(15-21)30-22-10-6-8-20(14-22)25-24-12-4-5-13-28(24)16-26-25/h4-16H,17H2,1-3H3. The number of hydrogen-bond donors (Lipinski definition) is 0. The number of rotatable bonds is 4. The van der Waals surface area contributed by atoms with Crippen molar-refractivity contribution in [3.8, 4) is 22.8 Å². The number of anilines is 1. The molecular weight excluding hydrogens is 372 g/mol. The summed E-state index contributed by atoms with van der Waals surface area (Å²) in [6, 6.07) is 22.4. The highest BCUT2D eigenvalue weighted by Crippen LogP contribution is 2.33. The number of fused-ring (bicyclic) bond motifs is 1. The van der Waals surface area contributed by atoms with Crippen LogP contribution in [0.4, 0.5) is 5.69 Å². The van der Waals surface area contributed by atoms with Crippen LogP contribution < -0.4 is 9.64 Å². The van der Waals surface area contributed by atoms with Crippen molar-refractivity contribution >= 4 is 11.2 Å². The first-order valence-electron chi connectivity index (χ1n) is 10.1. The highest BCUT2D eigenvalue weighted by molar-refractivity contribution is 5.77. The molecule has 0 fully saturated rings. The Kier molecular flexibility index (Phi) is 4.43. The van der Waals surface area contributed by atoms with Gasteiger partial charge in [-0.3, -0.25) is 0 Å². The summed E-state index contributed by atoms with van der Waals surface area (Å²) in [6.07, 6.45) is 3.85. The molecule has 0 amide bonds. The second-order valence-corrected chi connectivity index (χ2v) is 7.65. The SMILES string of the molecule is CC1=C(C)N(c2cccc(Oc3cccc(-c4ncn5ccccc45)c3)c2)CN1C. The van der Waals surface area contributed by atoms with Crippen LogP contribution in [0.2, 0.25) is 0 Å². The van der Waals surface area contributed by atoms with Crippen LogP contribution in [0, 0.1) is 0 Å². The lowest BCUT2D eigenvalue weighted by molar-refractivity contribution is 0.459. The van der Waals surface area contributed by atoms with E-state index in [-0.39, 0.29) is 0 Å². The summed E-state index contributed by atoms with van der Waals surface area (Å²) in [6.45, 7) is 5.16. The fraction of sp³-hybridized carbons (Fsp3) is 0.160. The molecular formula is C25H24N4O. The van der Waals surface area contributed by atoms with E-state index in [1.807, 2.05) is 59.4 Å². The molecule has 0 atom stereocenters. The Morgan fingerprint density at radius 3 is 2.47 bits per heavy atom. The molecule has 0 bridgehead atoms. The van der Waals surface area contributed by atoms with E-state index in [0.29, 0.717) is 0 Å². The van der Waals surface area contributed by atoms with Gasteiger partial charge in [0.25, 0.3) is 0 Å². The fourth-order valence-electron chi connectivity index (χ4n) is 3.89. The third-order valence-electron chi connectivity index (χ3n) is 5.77. The number of hydrogen-bond acceptors (Lipinski definition) is 4. The fourth-order valence-corrected chi connectivity index (χ4v) is 3.89. The Labute approximate surface area is 176 Å². The Morgan fingerprint density at radius 2 is 1.67 bits per heavy atom. The van der Waals surface area contributed by atoms with E-state index < -0.39 is 0 Å². The Morgan fingerprint density at radius 1 is 0.867 bits per heavy atom. The van der Waals surface area contributed by atoms with Crippen molar-refractivity contribution in [3.05, 3.63) is 90.6 Å². The molecule has 0 saturated carbocycles. The van der Waals surface area contributed by atoms with Crippen LogP contribution in [0.3, 0.4) is 0 Å². The van der Waals surface area contributed by atoms with E-state index in [4.69, 9.17) is 4.74 Å². The van der Waals surface area contributed by atoms with Gasteiger partial charge in [-0.25, -0.2) is 4.98 Å². The van der Waals surface area contributed by atoms with Gasteiger partial charge in [-0.05, 0) is 50.2 Å². The molecule has 2 aromatic carbocycles. The lowest BCUT2D eigenvalue weighted by atomic mass is 10.1. The van der Waals surface area contributed by atoms with Gasteiger partial charge < -0.3 is 18.9 Å². The molecule has 0 aliphatic carbocycles. The molecule has 30 heavy (non-hydrogen) atoms. The average molecular weight is 396 g/mol. The van der Waals surface area contributed by atoms with Crippen LogP contribution in [0.15, 0.2) is 90.6 Å². The Hall–Kier alpha value is -3.73. The van der Waals surface area contributed by atoms with Crippen molar-refractivity contribution in [1.29, 1.82) is 0 Å². The second-order valence-electron chi connectivity index (χ2n) is 7.65. The lowest BCUT2D eigenvalue weighted by Gasteiger charge is -2.21. The van der Waals surface area contributed by atoms with E-state index in [0.717, 1.165) is 40.6 Å². The van der Waals surface area contributed by atoms with E-state index in [1.165, 1.54) is 11.4 Å². The van der Waals surface area contributed by atoms with Crippen LogP contribution in [-0.2, 0) is 0 Å². The number of ether oxygens (including phenoxy) is 1. The Balaban J connectivity index is 1.43. The zero-order chi connectivity index (χ0) is 20.7. The largest absolute Gasteiger partial charge is 0.457 e. The monoisotopic (exact) mass is 396 g/mol. The van der Waals surface area contributed by atoms with Gasteiger partial charge in [-0.1, -0.05) is 24.3 Å². The zero-order valence-electron chi connectivity index (χ0n) is 17.4. The minimum absolute atomic E-state index is 0.795. The summed E-state index contributed by atoms with van der Waals surface area (Å²) < 4.78 is 8.25. The van der Waals surface area contributed by atoms with Crippen LogP contribution in [0.25, 0.3) is 16.8 Å². The van der Waals surface area contributed by atoms with E-state index >= 15 is 0 Å². The summed E-state index contributed by atoms with van der Waals surface area (Å²) in [5.41, 5.74) is 6.75. The average Bonchev–Trinajstić information content (AvgIpc) is 3.31. The maximum absolute atomic E-state index is 6.23. The van der Waals surface area contributed by atoms with Gasteiger partial charge in [0.15, 0.2) is 0 Å². The van der Waals surface area contributed by atoms with Gasteiger partial charge in [-0.2, -0.15) is 0 Å². The molecule has 0 spiro atoms. The molecule has 5 nitrogen and oxygen atoms in total. The highest BCUT2D eigenvalue weighted by atomic mass is 16.5. The highest BCUT2D eigenvalue weighted by Gasteiger charge is 2.21. The number of pyridine rings is 1. The van der Waals surface area contributed by atoms with Gasteiger partial charge in [0, 0.05) is 42.0 Å². The predicted octanol–water partition coefficient (Wildman–Crippen LogP) is 5.75. The minimum atomic E-state index is 0.795. The van der Waals surface area contributed by atoms with Gasteiger partial charge in [-0.15, -0.1) is 0 Å². The molecule has 4 aromatic rings. The maximum atomic E-state index is 6.23. The van der Waals surface area contributed by atoms with Crippen LogP contribution in [-0.4, -0.2) is 28.0 Å². The van der Waals surface area contributed by atoms with E-state index in [1.54, 1.807) is 0 Å². The van der Waals surface area contributed by atoms with E-state index in [2.05, 4.69) is 59.9 Å². The molecule has 0 saturated heterocycles. The third kappa shape index (κ3) is 3.18. The molecule has 150 valence electrons. The first-order chi connectivity index (χ1) is 14.6. The second kappa shape index (κ2) is 7.26. The molecule has 1 aliphatic heterocycles. The van der Waals surface area contributed by atoms with Gasteiger partial charge in [0.1, 0.15) is 11.5 Å². The molecule has 0 unspecified atom stereocenters. The first kappa shape index (κ1) is 18.3. The molecule has 5 rings (SSSR count). The molecule has 5 heteroatoms. The van der Waals surface area contributed by atoms with Gasteiger partial charge >= 0.3 is 0 Å². The van der Waals surface area contributed by atoms with Crippen molar-refractivity contribution in [2.45, 2.75) is 13.8 Å². The minimum Gasteiger partial charge on any atom is -0.457 e. The van der Waals surface area contributed by atoms with Crippen molar-refractivity contribution in [2.75, 3.05) is 18.6 Å². The lowest BCUT2D eigenvalue weighted by Crippen LogP contribution is -2.24. The van der Waals surface area contributed by atoms with Crippen molar-refractivity contribution < 1.29 is 4.74 Å². The number of benzene rings is 2. The number of allylic oxidation sites excluding steroid dienone is 2. The molecule has 3 heterocycles. The molecule has 2 aromatic heterocycles. The van der Waals surface area contributed by atoms with Crippen LogP contribution in [0.1, 0.15) is 13.8 Å². The van der Waals surface area contributed by atoms with Crippen molar-refractivity contribution in [1.82, 2.24) is 14.3 Å². The summed E-state index contributed by atoms with van der Waals surface area (Å²) in [5, 5.41) is 0. The van der Waals surface area contributed by atoms with Crippen molar-refractivity contribution in [3.63, 3.8) is 0 Å².